The fourth-order valence-electron chi connectivity index (χ4n) is 3.21. The minimum Gasteiger partial charge on any atom is -0.495 e. The monoisotopic (exact) mass is 406 g/mol. The lowest BCUT2D eigenvalue weighted by molar-refractivity contribution is -0.121. The number of nitrogens with zero attached hydrogens (tertiary/aromatic N) is 2. The molecular weight excluding hydrogens is 380 g/mol. The number of methoxy groups -OCH3 is 1. The summed E-state index contributed by atoms with van der Waals surface area (Å²) in [6.45, 7) is 4.14. The van der Waals surface area contributed by atoms with Crippen LogP contribution in [0.3, 0.4) is 0 Å². The van der Waals surface area contributed by atoms with Gasteiger partial charge in [0.25, 0.3) is 0 Å². The highest BCUT2D eigenvalue weighted by molar-refractivity contribution is 8.02. The first-order chi connectivity index (χ1) is 13.1. The third-order valence-corrected chi connectivity index (χ3v) is 6.86. The summed E-state index contributed by atoms with van der Waals surface area (Å²) in [5.74, 6) is 1.38. The lowest BCUT2D eigenvalue weighted by Crippen LogP contribution is -2.44. The standard InChI is InChI=1S/C19H26N4O2S2/c1-12-8-4-5-9-14(12)20-17(24)13(2)26-19-23-22-18(27-19)21-15-10-6-7-11-16(15)25-3/h6-7,10-14H,4-5,8-9H2,1-3H3,(H,20,24)(H,21,22)/t12-,13+,14+/m0/s1. The van der Waals surface area contributed by atoms with Gasteiger partial charge in [-0.3, -0.25) is 4.79 Å². The van der Waals surface area contributed by atoms with Gasteiger partial charge >= 0.3 is 0 Å². The van der Waals surface area contributed by atoms with Crippen molar-refractivity contribution in [2.45, 2.75) is 55.2 Å². The van der Waals surface area contributed by atoms with Crippen LogP contribution in [0.1, 0.15) is 39.5 Å². The first kappa shape index (κ1) is 19.9. The normalized spacial score (nSPS) is 20.7. The Kier molecular flexibility index (Phi) is 6.95. The molecule has 146 valence electrons. The van der Waals surface area contributed by atoms with Crippen LogP contribution in [0.5, 0.6) is 5.75 Å². The highest BCUT2D eigenvalue weighted by atomic mass is 32.2. The Bertz CT molecular complexity index is 768. The molecule has 1 aromatic heterocycles. The number of anilines is 2. The molecule has 3 rings (SSSR count). The maximum absolute atomic E-state index is 12.5. The highest BCUT2D eigenvalue weighted by Gasteiger charge is 2.25. The average molecular weight is 407 g/mol. The van der Waals surface area contributed by atoms with E-state index in [4.69, 9.17) is 4.74 Å². The van der Waals surface area contributed by atoms with Crippen LogP contribution >= 0.6 is 23.1 Å². The highest BCUT2D eigenvalue weighted by Crippen LogP contribution is 2.33. The molecule has 0 saturated heterocycles. The van der Waals surface area contributed by atoms with Crippen molar-refractivity contribution in [1.29, 1.82) is 0 Å². The molecule has 3 atom stereocenters. The molecule has 1 aromatic carbocycles. The fraction of sp³-hybridized carbons (Fsp3) is 0.526. The molecule has 8 heteroatoms. The van der Waals surface area contributed by atoms with Gasteiger partial charge in [-0.05, 0) is 37.8 Å². The number of benzene rings is 1. The van der Waals surface area contributed by atoms with Crippen LogP contribution in [0.2, 0.25) is 0 Å². The lowest BCUT2D eigenvalue weighted by Gasteiger charge is -2.30. The second kappa shape index (κ2) is 9.41. The molecular formula is C19H26N4O2S2. The van der Waals surface area contributed by atoms with Gasteiger partial charge in [0, 0.05) is 6.04 Å². The van der Waals surface area contributed by atoms with Gasteiger partial charge in [0.2, 0.25) is 11.0 Å². The summed E-state index contributed by atoms with van der Waals surface area (Å²) in [6, 6.07) is 7.96. The van der Waals surface area contributed by atoms with Crippen molar-refractivity contribution in [3.05, 3.63) is 24.3 Å². The van der Waals surface area contributed by atoms with Gasteiger partial charge in [-0.2, -0.15) is 0 Å². The Hall–Kier alpha value is -1.80. The number of carbonyl (C=O) groups excluding carboxylic acids is 1. The number of nitrogens with one attached hydrogen (secondary N) is 2. The van der Waals surface area contributed by atoms with Gasteiger partial charge in [0.1, 0.15) is 5.75 Å². The summed E-state index contributed by atoms with van der Waals surface area (Å²) in [6.07, 6.45) is 4.74. The fourth-order valence-corrected chi connectivity index (χ4v) is 5.12. The Morgan fingerprint density at radius 1 is 1.30 bits per heavy atom. The Morgan fingerprint density at radius 2 is 2.07 bits per heavy atom. The predicted octanol–water partition coefficient (Wildman–Crippen LogP) is 4.47. The number of hydrogen-bond acceptors (Lipinski definition) is 7. The Labute approximate surface area is 168 Å². The summed E-state index contributed by atoms with van der Waals surface area (Å²) in [5, 5.41) is 15.3. The molecule has 27 heavy (non-hydrogen) atoms. The minimum atomic E-state index is -0.203. The smallest absolute Gasteiger partial charge is 0.233 e. The molecule has 1 saturated carbocycles. The quantitative estimate of drug-likeness (QED) is 0.661. The zero-order chi connectivity index (χ0) is 19.2. The van der Waals surface area contributed by atoms with Gasteiger partial charge in [0.05, 0.1) is 18.0 Å². The van der Waals surface area contributed by atoms with Gasteiger partial charge < -0.3 is 15.4 Å². The van der Waals surface area contributed by atoms with Crippen molar-refractivity contribution in [1.82, 2.24) is 15.5 Å². The number of hydrogen-bond donors (Lipinski definition) is 2. The molecule has 0 aliphatic heterocycles. The van der Waals surface area contributed by atoms with Crippen LogP contribution in [0.25, 0.3) is 0 Å². The molecule has 0 unspecified atom stereocenters. The van der Waals surface area contributed by atoms with Crippen molar-refractivity contribution in [2.24, 2.45) is 5.92 Å². The zero-order valence-corrected chi connectivity index (χ0v) is 17.5. The van der Waals surface area contributed by atoms with Crippen molar-refractivity contribution in [3.63, 3.8) is 0 Å². The van der Waals surface area contributed by atoms with Crippen molar-refractivity contribution < 1.29 is 9.53 Å². The van der Waals surface area contributed by atoms with Crippen LogP contribution in [-0.4, -0.2) is 34.5 Å². The van der Waals surface area contributed by atoms with Crippen molar-refractivity contribution >= 4 is 39.8 Å². The maximum atomic E-state index is 12.5. The second-order valence-corrected chi connectivity index (χ2v) is 9.40. The third-order valence-electron chi connectivity index (χ3n) is 4.84. The van der Waals surface area contributed by atoms with E-state index in [-0.39, 0.29) is 11.2 Å². The van der Waals surface area contributed by atoms with E-state index >= 15 is 0 Å². The van der Waals surface area contributed by atoms with Gasteiger partial charge in [-0.1, -0.05) is 55.0 Å². The number of thioether (sulfide) groups is 1. The Morgan fingerprint density at radius 3 is 2.85 bits per heavy atom. The van der Waals surface area contributed by atoms with Crippen molar-refractivity contribution in [3.8, 4) is 5.75 Å². The van der Waals surface area contributed by atoms with E-state index in [2.05, 4.69) is 27.8 Å². The van der Waals surface area contributed by atoms with E-state index in [1.54, 1.807) is 7.11 Å². The summed E-state index contributed by atoms with van der Waals surface area (Å²) in [7, 11) is 1.63. The van der Waals surface area contributed by atoms with E-state index in [9.17, 15) is 4.79 Å². The summed E-state index contributed by atoms with van der Waals surface area (Å²) in [5.41, 5.74) is 0.838. The number of carbonyl (C=O) groups is 1. The molecule has 1 heterocycles. The summed E-state index contributed by atoms with van der Waals surface area (Å²) < 4.78 is 6.11. The van der Waals surface area contributed by atoms with E-state index in [1.807, 2.05) is 31.2 Å². The molecule has 6 nitrogen and oxygen atoms in total. The van der Waals surface area contributed by atoms with Crippen molar-refractivity contribution in [2.75, 3.05) is 12.4 Å². The van der Waals surface area contributed by atoms with E-state index < -0.39 is 0 Å². The molecule has 2 N–H and O–H groups in total. The molecule has 1 aliphatic rings. The van der Waals surface area contributed by atoms with E-state index in [0.29, 0.717) is 17.1 Å². The molecule has 0 radical (unpaired) electrons. The van der Waals surface area contributed by atoms with Gasteiger partial charge in [0.15, 0.2) is 4.34 Å². The van der Waals surface area contributed by atoms with Gasteiger partial charge in [-0.15, -0.1) is 10.2 Å². The predicted molar refractivity (Wildman–Crippen MR) is 111 cm³/mol. The van der Waals surface area contributed by atoms with Gasteiger partial charge in [-0.25, -0.2) is 0 Å². The average Bonchev–Trinajstić information content (AvgIpc) is 3.10. The lowest BCUT2D eigenvalue weighted by atomic mass is 9.86. The van der Waals surface area contributed by atoms with Crippen LogP contribution < -0.4 is 15.4 Å². The first-order valence-electron chi connectivity index (χ1n) is 9.27. The number of aromatic nitrogens is 2. The zero-order valence-electron chi connectivity index (χ0n) is 15.9. The largest absolute Gasteiger partial charge is 0.495 e. The van der Waals surface area contributed by atoms with Crippen LogP contribution in [-0.2, 0) is 4.79 Å². The topological polar surface area (TPSA) is 76.1 Å². The minimum absolute atomic E-state index is 0.0770. The molecule has 1 fully saturated rings. The second-order valence-electron chi connectivity index (χ2n) is 6.84. The first-order valence-corrected chi connectivity index (χ1v) is 11.0. The molecule has 1 amide bonds. The molecule has 1 aliphatic carbocycles. The number of para-hydroxylation sites is 2. The van der Waals surface area contributed by atoms with E-state index in [1.165, 1.54) is 42.4 Å². The maximum Gasteiger partial charge on any atom is 0.233 e. The molecule has 0 spiro atoms. The third kappa shape index (κ3) is 5.35. The molecule has 0 bridgehead atoms. The Balaban J connectivity index is 1.55. The SMILES string of the molecule is COc1ccccc1Nc1nnc(S[C@H](C)C(=O)N[C@@H]2CCCC[C@@H]2C)s1. The summed E-state index contributed by atoms with van der Waals surface area (Å²) >= 11 is 2.88. The van der Waals surface area contributed by atoms with E-state index in [0.717, 1.165) is 22.2 Å². The summed E-state index contributed by atoms with van der Waals surface area (Å²) in [4.78, 5) is 12.5. The number of ether oxygens (including phenoxy) is 1. The van der Waals surface area contributed by atoms with Crippen LogP contribution in [0.4, 0.5) is 10.8 Å². The number of amides is 1. The number of rotatable bonds is 7. The molecule has 2 aromatic rings. The van der Waals surface area contributed by atoms with Crippen LogP contribution in [0, 0.1) is 5.92 Å². The van der Waals surface area contributed by atoms with Crippen LogP contribution in [0.15, 0.2) is 28.6 Å².